The SMILES string of the molecule is CCC1(COCc2ccccc2)COC(C=O)OC1. The van der Waals surface area contributed by atoms with Crippen LogP contribution in [-0.4, -0.2) is 32.4 Å². The minimum Gasteiger partial charge on any atom is -0.376 e. The van der Waals surface area contributed by atoms with E-state index in [0.717, 1.165) is 12.0 Å². The first kappa shape index (κ1) is 14.2. The second kappa shape index (κ2) is 6.80. The van der Waals surface area contributed by atoms with Crippen LogP contribution in [0.3, 0.4) is 0 Å². The van der Waals surface area contributed by atoms with Crippen molar-refractivity contribution in [2.75, 3.05) is 19.8 Å². The predicted octanol–water partition coefficient (Wildman–Crippen LogP) is 2.17. The summed E-state index contributed by atoms with van der Waals surface area (Å²) in [6.07, 6.45) is 0.867. The first-order valence-electron chi connectivity index (χ1n) is 6.58. The molecule has 0 spiro atoms. The van der Waals surface area contributed by atoms with Crippen LogP contribution in [0.5, 0.6) is 0 Å². The summed E-state index contributed by atoms with van der Waals surface area (Å²) in [5, 5.41) is 0. The van der Waals surface area contributed by atoms with Gasteiger partial charge in [-0.1, -0.05) is 37.3 Å². The maximum absolute atomic E-state index is 10.6. The van der Waals surface area contributed by atoms with Gasteiger partial charge in [-0.05, 0) is 12.0 Å². The summed E-state index contributed by atoms with van der Waals surface area (Å²) in [4.78, 5) is 10.6. The van der Waals surface area contributed by atoms with Crippen LogP contribution >= 0.6 is 0 Å². The molecule has 1 saturated heterocycles. The molecule has 1 heterocycles. The molecule has 1 aromatic carbocycles. The zero-order valence-corrected chi connectivity index (χ0v) is 11.2. The van der Waals surface area contributed by atoms with Gasteiger partial charge in [-0.25, -0.2) is 0 Å². The van der Waals surface area contributed by atoms with Crippen molar-refractivity contribution in [2.24, 2.45) is 5.41 Å². The zero-order valence-electron chi connectivity index (χ0n) is 11.2. The normalized spacial score (nSPS) is 27.1. The van der Waals surface area contributed by atoms with Gasteiger partial charge in [0.2, 0.25) is 6.29 Å². The lowest BCUT2D eigenvalue weighted by Gasteiger charge is -2.37. The van der Waals surface area contributed by atoms with Crippen molar-refractivity contribution >= 4 is 6.29 Å². The molecular formula is C15H20O4. The topological polar surface area (TPSA) is 44.8 Å². The molecule has 1 aliphatic heterocycles. The van der Waals surface area contributed by atoms with E-state index in [9.17, 15) is 4.79 Å². The number of carbonyl (C=O) groups is 1. The van der Waals surface area contributed by atoms with Crippen LogP contribution in [0.2, 0.25) is 0 Å². The molecule has 0 aliphatic carbocycles. The second-order valence-electron chi connectivity index (χ2n) is 4.96. The Labute approximate surface area is 113 Å². The van der Waals surface area contributed by atoms with E-state index >= 15 is 0 Å². The van der Waals surface area contributed by atoms with Gasteiger partial charge in [-0.2, -0.15) is 0 Å². The summed E-state index contributed by atoms with van der Waals surface area (Å²) >= 11 is 0. The van der Waals surface area contributed by atoms with Crippen LogP contribution < -0.4 is 0 Å². The Balaban J connectivity index is 1.81. The van der Waals surface area contributed by atoms with Crippen LogP contribution in [0.25, 0.3) is 0 Å². The molecule has 0 saturated carbocycles. The lowest BCUT2D eigenvalue weighted by Crippen LogP contribution is -2.44. The number of hydrogen-bond donors (Lipinski definition) is 0. The van der Waals surface area contributed by atoms with Crippen molar-refractivity contribution in [3.05, 3.63) is 35.9 Å². The van der Waals surface area contributed by atoms with E-state index in [1.165, 1.54) is 0 Å². The number of ether oxygens (including phenoxy) is 3. The molecule has 1 aliphatic rings. The highest BCUT2D eigenvalue weighted by molar-refractivity contribution is 5.53. The Morgan fingerprint density at radius 3 is 2.58 bits per heavy atom. The second-order valence-corrected chi connectivity index (χ2v) is 4.96. The Bertz CT molecular complexity index is 382. The highest BCUT2D eigenvalue weighted by Gasteiger charge is 2.35. The third-order valence-electron chi connectivity index (χ3n) is 3.49. The van der Waals surface area contributed by atoms with E-state index in [0.29, 0.717) is 32.7 Å². The molecule has 4 heteroatoms. The van der Waals surface area contributed by atoms with Crippen LogP contribution in [0.4, 0.5) is 0 Å². The average molecular weight is 264 g/mol. The molecule has 19 heavy (non-hydrogen) atoms. The van der Waals surface area contributed by atoms with Crippen molar-refractivity contribution in [1.29, 1.82) is 0 Å². The van der Waals surface area contributed by atoms with Crippen molar-refractivity contribution < 1.29 is 19.0 Å². The van der Waals surface area contributed by atoms with E-state index in [1.54, 1.807) is 0 Å². The van der Waals surface area contributed by atoms with Crippen LogP contribution in [0, 0.1) is 5.41 Å². The van der Waals surface area contributed by atoms with E-state index in [1.807, 2.05) is 30.3 Å². The summed E-state index contributed by atoms with van der Waals surface area (Å²) in [6, 6.07) is 10.1. The molecular weight excluding hydrogens is 244 g/mol. The van der Waals surface area contributed by atoms with Crippen molar-refractivity contribution in [3.63, 3.8) is 0 Å². The lowest BCUT2D eigenvalue weighted by atomic mass is 9.87. The molecule has 0 unspecified atom stereocenters. The summed E-state index contributed by atoms with van der Waals surface area (Å²) < 4.78 is 16.5. The number of benzene rings is 1. The molecule has 0 aromatic heterocycles. The molecule has 0 bridgehead atoms. The molecule has 0 amide bonds. The van der Waals surface area contributed by atoms with Gasteiger partial charge >= 0.3 is 0 Å². The van der Waals surface area contributed by atoms with E-state index in [2.05, 4.69) is 6.92 Å². The summed E-state index contributed by atoms with van der Waals surface area (Å²) in [7, 11) is 0. The number of rotatable bonds is 6. The molecule has 1 fully saturated rings. The van der Waals surface area contributed by atoms with E-state index < -0.39 is 6.29 Å². The fourth-order valence-electron chi connectivity index (χ4n) is 2.04. The van der Waals surface area contributed by atoms with Gasteiger partial charge in [0, 0.05) is 5.41 Å². The fourth-order valence-corrected chi connectivity index (χ4v) is 2.04. The minimum atomic E-state index is -0.714. The van der Waals surface area contributed by atoms with E-state index in [-0.39, 0.29) is 5.41 Å². The van der Waals surface area contributed by atoms with Crippen LogP contribution in [-0.2, 0) is 25.6 Å². The molecule has 0 radical (unpaired) electrons. The average Bonchev–Trinajstić information content (AvgIpc) is 2.49. The monoisotopic (exact) mass is 264 g/mol. The first-order chi connectivity index (χ1) is 9.28. The van der Waals surface area contributed by atoms with Crippen molar-refractivity contribution in [3.8, 4) is 0 Å². The van der Waals surface area contributed by atoms with Gasteiger partial charge < -0.3 is 14.2 Å². The third kappa shape index (κ3) is 3.86. The van der Waals surface area contributed by atoms with Gasteiger partial charge in [-0.15, -0.1) is 0 Å². The van der Waals surface area contributed by atoms with Gasteiger partial charge in [0.25, 0.3) is 0 Å². The highest BCUT2D eigenvalue weighted by Crippen LogP contribution is 2.28. The molecule has 2 rings (SSSR count). The Kier molecular flexibility index (Phi) is 5.07. The predicted molar refractivity (Wildman–Crippen MR) is 70.6 cm³/mol. The molecule has 4 nitrogen and oxygen atoms in total. The lowest BCUT2D eigenvalue weighted by molar-refractivity contribution is -0.228. The quantitative estimate of drug-likeness (QED) is 0.739. The fraction of sp³-hybridized carbons (Fsp3) is 0.533. The first-order valence-corrected chi connectivity index (χ1v) is 6.58. The largest absolute Gasteiger partial charge is 0.376 e. The smallest absolute Gasteiger partial charge is 0.214 e. The third-order valence-corrected chi connectivity index (χ3v) is 3.49. The van der Waals surface area contributed by atoms with E-state index in [4.69, 9.17) is 14.2 Å². The minimum absolute atomic E-state index is 0.145. The Morgan fingerprint density at radius 2 is 2.00 bits per heavy atom. The summed E-state index contributed by atoms with van der Waals surface area (Å²) in [5.41, 5.74) is 1.01. The number of hydrogen-bond acceptors (Lipinski definition) is 4. The van der Waals surface area contributed by atoms with Crippen molar-refractivity contribution in [1.82, 2.24) is 0 Å². The molecule has 0 N–H and O–H groups in total. The summed E-state index contributed by atoms with van der Waals surface area (Å²) in [6.45, 7) is 4.24. The Hall–Kier alpha value is -1.23. The molecule has 0 atom stereocenters. The summed E-state index contributed by atoms with van der Waals surface area (Å²) in [5.74, 6) is 0. The maximum atomic E-state index is 10.6. The zero-order chi connectivity index (χ0) is 13.6. The standard InChI is InChI=1S/C15H20O4/c1-2-15(11-18-14(8-16)19-12-15)10-17-9-13-6-4-3-5-7-13/h3-8,14H,2,9-12H2,1H3. The van der Waals surface area contributed by atoms with Crippen LogP contribution in [0.1, 0.15) is 18.9 Å². The Morgan fingerprint density at radius 1 is 1.32 bits per heavy atom. The van der Waals surface area contributed by atoms with Crippen LogP contribution in [0.15, 0.2) is 30.3 Å². The molecule has 104 valence electrons. The van der Waals surface area contributed by atoms with Gasteiger partial charge in [0.15, 0.2) is 6.29 Å². The van der Waals surface area contributed by atoms with Gasteiger partial charge in [0.1, 0.15) is 0 Å². The number of aldehydes is 1. The molecule has 1 aromatic rings. The van der Waals surface area contributed by atoms with Gasteiger partial charge in [-0.3, -0.25) is 4.79 Å². The maximum Gasteiger partial charge on any atom is 0.214 e. The van der Waals surface area contributed by atoms with Crippen molar-refractivity contribution in [2.45, 2.75) is 26.2 Å². The van der Waals surface area contributed by atoms with Gasteiger partial charge in [0.05, 0.1) is 26.4 Å². The number of carbonyl (C=O) groups excluding carboxylic acids is 1. The highest BCUT2D eigenvalue weighted by atomic mass is 16.7.